The average molecular weight is 372 g/mol. The number of hydrogen-bond donors (Lipinski definition) is 0. The van der Waals surface area contributed by atoms with E-state index in [0.29, 0.717) is 23.4 Å². The highest BCUT2D eigenvalue weighted by molar-refractivity contribution is 9.10. The van der Waals surface area contributed by atoms with Gasteiger partial charge in [0.25, 0.3) is 0 Å². The summed E-state index contributed by atoms with van der Waals surface area (Å²) in [5.41, 5.74) is 0.654. The van der Waals surface area contributed by atoms with Gasteiger partial charge in [0.2, 0.25) is 0 Å². The Hall–Kier alpha value is -0.870. The molecular formula is C16H16BrClO3. The van der Waals surface area contributed by atoms with Gasteiger partial charge in [-0.15, -0.1) is 0 Å². The third-order valence-electron chi connectivity index (χ3n) is 4.52. The van der Waals surface area contributed by atoms with E-state index in [0.717, 1.165) is 29.3 Å². The van der Waals surface area contributed by atoms with Crippen LogP contribution in [0.3, 0.4) is 0 Å². The molecule has 1 aliphatic carbocycles. The molecule has 1 aromatic rings. The van der Waals surface area contributed by atoms with Gasteiger partial charge in [0.15, 0.2) is 11.4 Å². The number of ether oxygens (including phenoxy) is 1. The maximum absolute atomic E-state index is 12.8. The van der Waals surface area contributed by atoms with E-state index in [4.69, 9.17) is 16.3 Å². The number of ketones is 1. The van der Waals surface area contributed by atoms with E-state index >= 15 is 0 Å². The van der Waals surface area contributed by atoms with E-state index in [1.807, 2.05) is 13.0 Å². The predicted octanol–water partition coefficient (Wildman–Crippen LogP) is 4.32. The third-order valence-corrected chi connectivity index (χ3v) is 5.72. The van der Waals surface area contributed by atoms with Crippen LogP contribution in [-0.2, 0) is 14.3 Å². The molecule has 21 heavy (non-hydrogen) atoms. The summed E-state index contributed by atoms with van der Waals surface area (Å²) < 4.78 is 6.31. The zero-order valence-electron chi connectivity index (χ0n) is 11.7. The molecule has 0 bridgehead atoms. The van der Waals surface area contributed by atoms with Crippen LogP contribution in [0.1, 0.15) is 49.1 Å². The van der Waals surface area contributed by atoms with Crippen molar-refractivity contribution in [2.75, 3.05) is 0 Å². The van der Waals surface area contributed by atoms with Gasteiger partial charge in [0.1, 0.15) is 5.92 Å². The van der Waals surface area contributed by atoms with Crippen LogP contribution in [0.15, 0.2) is 16.6 Å². The minimum atomic E-state index is -0.883. The van der Waals surface area contributed by atoms with Crippen LogP contribution in [0.2, 0.25) is 5.02 Å². The second-order valence-corrected chi connectivity index (χ2v) is 7.16. The summed E-state index contributed by atoms with van der Waals surface area (Å²) in [4.78, 5) is 25.2. The Balaban J connectivity index is 2.01. The quantitative estimate of drug-likeness (QED) is 0.545. The van der Waals surface area contributed by atoms with E-state index in [9.17, 15) is 9.59 Å². The molecule has 1 saturated heterocycles. The lowest BCUT2D eigenvalue weighted by Gasteiger charge is -2.29. The minimum absolute atomic E-state index is 0.0892. The van der Waals surface area contributed by atoms with Gasteiger partial charge in [-0.1, -0.05) is 18.0 Å². The minimum Gasteiger partial charge on any atom is -0.450 e. The number of halogens is 2. The van der Waals surface area contributed by atoms with Crippen molar-refractivity contribution in [3.63, 3.8) is 0 Å². The molecule has 3 rings (SSSR count). The van der Waals surface area contributed by atoms with Crippen molar-refractivity contribution in [1.29, 1.82) is 0 Å². The highest BCUT2D eigenvalue weighted by atomic mass is 79.9. The van der Waals surface area contributed by atoms with Crippen LogP contribution in [0.25, 0.3) is 0 Å². The van der Waals surface area contributed by atoms with Crippen molar-refractivity contribution >= 4 is 39.3 Å². The van der Waals surface area contributed by atoms with Gasteiger partial charge in [-0.3, -0.25) is 9.59 Å². The Morgan fingerprint density at radius 1 is 1.24 bits per heavy atom. The summed E-state index contributed by atoms with van der Waals surface area (Å²) in [6.07, 6.45) is 4.27. The summed E-state index contributed by atoms with van der Waals surface area (Å²) in [6.45, 7) is 1.88. The standard InChI is InChI=1S/C16H16BrClO3/c1-9-7-11(17)12(18)8-10(9)13-14(19)16(21-15(13)20)5-3-2-4-6-16/h7-8,13H,2-6H2,1H3. The number of esters is 1. The normalized spacial score (nSPS) is 24.4. The van der Waals surface area contributed by atoms with Gasteiger partial charge in [0.05, 0.1) is 5.02 Å². The first-order valence-electron chi connectivity index (χ1n) is 7.17. The molecule has 0 radical (unpaired) electrons. The van der Waals surface area contributed by atoms with E-state index in [1.54, 1.807) is 6.07 Å². The number of carbonyl (C=O) groups excluding carboxylic acids is 2. The molecule has 1 aliphatic heterocycles. The molecule has 1 atom stereocenters. The Bertz CT molecular complexity index is 620. The highest BCUT2D eigenvalue weighted by Crippen LogP contribution is 2.44. The molecule has 0 aromatic heterocycles. The maximum atomic E-state index is 12.8. The molecule has 1 aromatic carbocycles. The molecule has 0 amide bonds. The number of Topliss-reactive ketones (excluding diaryl/α,β-unsaturated/α-hetero) is 1. The third kappa shape index (κ3) is 2.42. The van der Waals surface area contributed by atoms with Crippen LogP contribution in [0.4, 0.5) is 0 Å². The van der Waals surface area contributed by atoms with Crippen molar-refractivity contribution in [3.8, 4) is 0 Å². The average Bonchev–Trinajstić information content (AvgIpc) is 2.67. The Labute approximate surface area is 137 Å². The largest absolute Gasteiger partial charge is 0.450 e. The van der Waals surface area contributed by atoms with Crippen LogP contribution in [-0.4, -0.2) is 17.4 Å². The summed E-state index contributed by atoms with van der Waals surface area (Å²) in [5.74, 6) is -1.34. The summed E-state index contributed by atoms with van der Waals surface area (Å²) in [5, 5.41) is 0.501. The van der Waals surface area contributed by atoms with E-state index in [1.165, 1.54) is 0 Å². The lowest BCUT2D eigenvalue weighted by atomic mass is 9.77. The molecule has 112 valence electrons. The molecule has 1 heterocycles. The van der Waals surface area contributed by atoms with E-state index in [-0.39, 0.29) is 5.78 Å². The molecule has 5 heteroatoms. The molecule has 2 fully saturated rings. The Kier molecular flexibility index (Phi) is 3.87. The van der Waals surface area contributed by atoms with Crippen molar-refractivity contribution in [2.24, 2.45) is 0 Å². The van der Waals surface area contributed by atoms with Crippen molar-refractivity contribution in [3.05, 3.63) is 32.8 Å². The molecule has 2 aliphatic rings. The van der Waals surface area contributed by atoms with Crippen molar-refractivity contribution < 1.29 is 14.3 Å². The predicted molar refractivity (Wildman–Crippen MR) is 83.5 cm³/mol. The zero-order chi connectivity index (χ0) is 15.2. The molecule has 3 nitrogen and oxygen atoms in total. The number of aryl methyl sites for hydroxylation is 1. The molecule has 0 N–H and O–H groups in total. The van der Waals surface area contributed by atoms with Crippen LogP contribution < -0.4 is 0 Å². The van der Waals surface area contributed by atoms with E-state index in [2.05, 4.69) is 15.9 Å². The number of carbonyl (C=O) groups is 2. The fourth-order valence-electron chi connectivity index (χ4n) is 3.38. The summed E-state index contributed by atoms with van der Waals surface area (Å²) >= 11 is 9.48. The van der Waals surface area contributed by atoms with Crippen molar-refractivity contribution in [1.82, 2.24) is 0 Å². The number of rotatable bonds is 1. The monoisotopic (exact) mass is 370 g/mol. The van der Waals surface area contributed by atoms with Crippen molar-refractivity contribution in [2.45, 2.75) is 50.5 Å². The first kappa shape index (κ1) is 15.0. The lowest BCUT2D eigenvalue weighted by Crippen LogP contribution is -2.39. The van der Waals surface area contributed by atoms with Gasteiger partial charge in [-0.05, 0) is 71.8 Å². The van der Waals surface area contributed by atoms with Gasteiger partial charge >= 0.3 is 5.97 Å². The first-order chi connectivity index (χ1) is 9.94. The highest BCUT2D eigenvalue weighted by Gasteiger charge is 2.55. The Morgan fingerprint density at radius 2 is 1.90 bits per heavy atom. The Morgan fingerprint density at radius 3 is 2.57 bits per heavy atom. The van der Waals surface area contributed by atoms with Gasteiger partial charge in [-0.2, -0.15) is 0 Å². The van der Waals surface area contributed by atoms with Crippen LogP contribution >= 0.6 is 27.5 Å². The molecule has 1 spiro atoms. The number of benzene rings is 1. The first-order valence-corrected chi connectivity index (χ1v) is 8.34. The topological polar surface area (TPSA) is 43.4 Å². The number of hydrogen-bond acceptors (Lipinski definition) is 3. The molecule has 1 unspecified atom stereocenters. The van der Waals surface area contributed by atoms with E-state index < -0.39 is 17.5 Å². The van der Waals surface area contributed by atoms with Gasteiger partial charge in [-0.25, -0.2) is 0 Å². The second-order valence-electron chi connectivity index (χ2n) is 5.90. The molecular weight excluding hydrogens is 356 g/mol. The zero-order valence-corrected chi connectivity index (χ0v) is 14.1. The fraction of sp³-hybridized carbons (Fsp3) is 0.500. The fourth-order valence-corrected chi connectivity index (χ4v) is 4.01. The lowest BCUT2D eigenvalue weighted by molar-refractivity contribution is -0.154. The van der Waals surface area contributed by atoms with Gasteiger partial charge in [0, 0.05) is 4.47 Å². The van der Waals surface area contributed by atoms with Crippen LogP contribution in [0.5, 0.6) is 0 Å². The summed E-state index contributed by atoms with van der Waals surface area (Å²) in [6, 6.07) is 3.54. The second kappa shape index (κ2) is 5.40. The smallest absolute Gasteiger partial charge is 0.322 e. The SMILES string of the molecule is Cc1cc(Br)c(Cl)cc1C1C(=O)OC2(CCCCC2)C1=O. The van der Waals surface area contributed by atoms with Crippen LogP contribution in [0, 0.1) is 6.92 Å². The summed E-state index contributed by atoms with van der Waals surface area (Å²) in [7, 11) is 0. The maximum Gasteiger partial charge on any atom is 0.322 e. The van der Waals surface area contributed by atoms with Gasteiger partial charge < -0.3 is 4.74 Å². The molecule has 1 saturated carbocycles.